The fourth-order valence-corrected chi connectivity index (χ4v) is 2.92. The van der Waals surface area contributed by atoms with E-state index in [2.05, 4.69) is 32.6 Å². The SMILES string of the molecule is CCC(CC)N(CC(C)C)C(CN)c1ccc(F)cc1F. The maximum absolute atomic E-state index is 14.1. The van der Waals surface area contributed by atoms with Crippen LogP contribution in [-0.2, 0) is 0 Å². The molecule has 0 saturated heterocycles. The molecule has 1 atom stereocenters. The summed E-state index contributed by atoms with van der Waals surface area (Å²) in [6, 6.07) is 3.92. The number of halogens is 2. The van der Waals surface area contributed by atoms with Crippen molar-refractivity contribution in [2.75, 3.05) is 13.1 Å². The van der Waals surface area contributed by atoms with Gasteiger partial charge in [-0.2, -0.15) is 0 Å². The van der Waals surface area contributed by atoms with Gasteiger partial charge in [0.25, 0.3) is 0 Å². The fourth-order valence-electron chi connectivity index (χ4n) is 2.92. The van der Waals surface area contributed by atoms with Crippen molar-refractivity contribution in [2.45, 2.75) is 52.6 Å². The molecule has 1 rings (SSSR count). The van der Waals surface area contributed by atoms with Crippen molar-refractivity contribution in [3.8, 4) is 0 Å². The Bertz CT molecular complexity index is 431. The molecule has 0 fully saturated rings. The average Bonchev–Trinajstić information content (AvgIpc) is 2.42. The zero-order chi connectivity index (χ0) is 16.0. The molecule has 1 unspecified atom stereocenters. The molecule has 0 amide bonds. The van der Waals surface area contributed by atoms with Crippen molar-refractivity contribution in [3.63, 3.8) is 0 Å². The van der Waals surface area contributed by atoms with E-state index in [1.165, 1.54) is 12.1 Å². The minimum absolute atomic E-state index is 0.210. The van der Waals surface area contributed by atoms with Crippen molar-refractivity contribution in [1.29, 1.82) is 0 Å². The van der Waals surface area contributed by atoms with Crippen LogP contribution >= 0.6 is 0 Å². The molecule has 0 saturated carbocycles. The number of benzene rings is 1. The second kappa shape index (κ2) is 8.44. The molecule has 1 aromatic carbocycles. The highest BCUT2D eigenvalue weighted by Crippen LogP contribution is 2.28. The van der Waals surface area contributed by atoms with Crippen LogP contribution in [-0.4, -0.2) is 24.0 Å². The summed E-state index contributed by atoms with van der Waals surface area (Å²) in [5, 5.41) is 0. The third-order valence-electron chi connectivity index (χ3n) is 3.93. The van der Waals surface area contributed by atoms with Crippen molar-refractivity contribution in [3.05, 3.63) is 35.4 Å². The third-order valence-corrected chi connectivity index (χ3v) is 3.93. The predicted molar refractivity (Wildman–Crippen MR) is 84.1 cm³/mol. The first-order valence-electron chi connectivity index (χ1n) is 7.85. The summed E-state index contributed by atoms with van der Waals surface area (Å²) in [7, 11) is 0. The maximum atomic E-state index is 14.1. The van der Waals surface area contributed by atoms with Gasteiger partial charge in [0.2, 0.25) is 0 Å². The first-order chi connectivity index (χ1) is 9.94. The Kier molecular flexibility index (Phi) is 7.26. The van der Waals surface area contributed by atoms with Crippen LogP contribution in [0.4, 0.5) is 8.78 Å². The standard InChI is InChI=1S/C17H28F2N2/c1-5-14(6-2)21(11-12(3)4)17(10-20)15-8-7-13(18)9-16(15)19/h7-9,12,14,17H,5-6,10-11,20H2,1-4H3. The van der Waals surface area contributed by atoms with Crippen molar-refractivity contribution in [1.82, 2.24) is 4.90 Å². The average molecular weight is 298 g/mol. The number of hydrogen-bond acceptors (Lipinski definition) is 2. The summed E-state index contributed by atoms with van der Waals surface area (Å²) >= 11 is 0. The Hall–Kier alpha value is -1.00. The summed E-state index contributed by atoms with van der Waals surface area (Å²) in [6.45, 7) is 9.73. The van der Waals surface area contributed by atoms with Gasteiger partial charge in [-0.3, -0.25) is 4.90 Å². The highest BCUT2D eigenvalue weighted by molar-refractivity contribution is 5.23. The van der Waals surface area contributed by atoms with Crippen LogP contribution < -0.4 is 5.73 Å². The van der Waals surface area contributed by atoms with Gasteiger partial charge >= 0.3 is 0 Å². The largest absolute Gasteiger partial charge is 0.329 e. The lowest BCUT2D eigenvalue weighted by atomic mass is 9.98. The first kappa shape index (κ1) is 18.1. The molecule has 0 aliphatic rings. The van der Waals surface area contributed by atoms with Crippen LogP contribution in [0, 0.1) is 17.6 Å². The van der Waals surface area contributed by atoms with Crippen LogP contribution in [0.3, 0.4) is 0 Å². The van der Waals surface area contributed by atoms with Gasteiger partial charge in [-0.15, -0.1) is 0 Å². The van der Waals surface area contributed by atoms with E-state index in [0.29, 0.717) is 24.1 Å². The molecule has 0 spiro atoms. The molecule has 120 valence electrons. The summed E-state index contributed by atoms with van der Waals surface area (Å²) in [6.07, 6.45) is 1.98. The van der Waals surface area contributed by atoms with E-state index in [1.54, 1.807) is 0 Å². The molecule has 0 heterocycles. The quantitative estimate of drug-likeness (QED) is 0.782. The summed E-state index contributed by atoms with van der Waals surface area (Å²) in [5.41, 5.74) is 6.43. The monoisotopic (exact) mass is 298 g/mol. The molecule has 0 radical (unpaired) electrons. The zero-order valence-electron chi connectivity index (χ0n) is 13.6. The first-order valence-corrected chi connectivity index (χ1v) is 7.85. The predicted octanol–water partition coefficient (Wildman–Crippen LogP) is 4.11. The smallest absolute Gasteiger partial charge is 0.130 e. The maximum Gasteiger partial charge on any atom is 0.130 e. The Morgan fingerprint density at radius 2 is 1.76 bits per heavy atom. The second-order valence-electron chi connectivity index (χ2n) is 5.98. The van der Waals surface area contributed by atoms with Gasteiger partial charge in [0.05, 0.1) is 6.04 Å². The van der Waals surface area contributed by atoms with E-state index in [1.807, 2.05) is 0 Å². The minimum atomic E-state index is -0.551. The molecule has 4 heteroatoms. The van der Waals surface area contributed by atoms with Crippen molar-refractivity contribution >= 4 is 0 Å². The van der Waals surface area contributed by atoms with Crippen LogP contribution in [0.1, 0.15) is 52.1 Å². The van der Waals surface area contributed by atoms with E-state index in [9.17, 15) is 8.78 Å². The molecule has 0 aliphatic carbocycles. The number of rotatable bonds is 8. The molecule has 0 aromatic heterocycles. The lowest BCUT2D eigenvalue weighted by Gasteiger charge is -2.38. The molecular weight excluding hydrogens is 270 g/mol. The normalized spacial score (nSPS) is 13.4. The van der Waals surface area contributed by atoms with E-state index in [-0.39, 0.29) is 6.04 Å². The highest BCUT2D eigenvalue weighted by Gasteiger charge is 2.27. The molecule has 2 N–H and O–H groups in total. The second-order valence-corrected chi connectivity index (χ2v) is 5.98. The van der Waals surface area contributed by atoms with Crippen LogP contribution in [0.15, 0.2) is 18.2 Å². The van der Waals surface area contributed by atoms with Crippen LogP contribution in [0.25, 0.3) is 0 Å². The van der Waals surface area contributed by atoms with E-state index < -0.39 is 11.6 Å². The number of nitrogens with two attached hydrogens (primary N) is 1. The summed E-state index contributed by atoms with van der Waals surface area (Å²) in [4.78, 5) is 2.28. The molecule has 1 aromatic rings. The van der Waals surface area contributed by atoms with Gasteiger partial charge in [0.15, 0.2) is 0 Å². The Morgan fingerprint density at radius 1 is 1.14 bits per heavy atom. The molecule has 0 bridgehead atoms. The Morgan fingerprint density at radius 3 is 2.19 bits per heavy atom. The topological polar surface area (TPSA) is 29.3 Å². The van der Waals surface area contributed by atoms with Gasteiger partial charge in [-0.05, 0) is 24.8 Å². The van der Waals surface area contributed by atoms with Gasteiger partial charge in [0.1, 0.15) is 11.6 Å². The van der Waals surface area contributed by atoms with Gasteiger partial charge in [-0.1, -0.05) is 33.8 Å². The molecule has 2 nitrogen and oxygen atoms in total. The third kappa shape index (κ3) is 4.75. The Labute approximate surface area is 127 Å². The van der Waals surface area contributed by atoms with Crippen LogP contribution in [0.2, 0.25) is 0 Å². The van der Waals surface area contributed by atoms with E-state index >= 15 is 0 Å². The highest BCUT2D eigenvalue weighted by atomic mass is 19.1. The van der Waals surface area contributed by atoms with E-state index in [0.717, 1.165) is 25.5 Å². The summed E-state index contributed by atoms with van der Waals surface area (Å²) in [5.74, 6) is -0.599. The van der Waals surface area contributed by atoms with Gasteiger partial charge < -0.3 is 5.73 Å². The van der Waals surface area contributed by atoms with Gasteiger partial charge in [-0.25, -0.2) is 8.78 Å². The molecule has 0 aliphatic heterocycles. The lowest BCUT2D eigenvalue weighted by Crippen LogP contribution is -2.43. The summed E-state index contributed by atoms with van der Waals surface area (Å²) < 4.78 is 27.3. The van der Waals surface area contributed by atoms with Crippen molar-refractivity contribution in [2.24, 2.45) is 11.7 Å². The fraction of sp³-hybridized carbons (Fsp3) is 0.647. The minimum Gasteiger partial charge on any atom is -0.329 e. The molecular formula is C17H28F2N2. The number of nitrogens with zero attached hydrogens (tertiary/aromatic N) is 1. The van der Waals surface area contributed by atoms with E-state index in [4.69, 9.17) is 5.73 Å². The zero-order valence-corrected chi connectivity index (χ0v) is 13.6. The number of hydrogen-bond donors (Lipinski definition) is 1. The lowest BCUT2D eigenvalue weighted by molar-refractivity contribution is 0.110. The molecule has 21 heavy (non-hydrogen) atoms. The Balaban J connectivity index is 3.16. The van der Waals surface area contributed by atoms with Crippen LogP contribution in [0.5, 0.6) is 0 Å². The van der Waals surface area contributed by atoms with Gasteiger partial charge in [0, 0.05) is 30.8 Å². The van der Waals surface area contributed by atoms with Crippen molar-refractivity contribution < 1.29 is 8.78 Å².